The van der Waals surface area contributed by atoms with Gasteiger partial charge in [-0.25, -0.2) is 12.7 Å². The van der Waals surface area contributed by atoms with Crippen LogP contribution in [0.2, 0.25) is 0 Å². The zero-order chi connectivity index (χ0) is 15.6. The van der Waals surface area contributed by atoms with Crippen LogP contribution in [-0.4, -0.2) is 33.1 Å². The third kappa shape index (κ3) is 2.93. The smallest absolute Gasteiger partial charge is 0.242 e. The number of sulfonamides is 1. The van der Waals surface area contributed by atoms with Crippen LogP contribution >= 0.6 is 0 Å². The largest absolute Gasteiger partial charge is 0.454 e. The Hall–Kier alpha value is -2.05. The fraction of sp³-hybridized carbons (Fsp3) is 0.250. The molecule has 1 aliphatic rings. The average Bonchev–Trinajstić information content (AvgIpc) is 3.01. The molecule has 2 aromatic carbocycles. The van der Waals surface area contributed by atoms with E-state index in [4.69, 9.17) is 9.47 Å². The highest BCUT2D eigenvalue weighted by atomic mass is 32.2. The third-order valence-corrected chi connectivity index (χ3v) is 5.46. The minimum Gasteiger partial charge on any atom is -0.454 e. The second kappa shape index (κ2) is 5.98. The molecule has 0 spiro atoms. The quantitative estimate of drug-likeness (QED) is 0.848. The minimum absolute atomic E-state index is 0.128. The number of ether oxygens (including phenoxy) is 2. The van der Waals surface area contributed by atoms with Crippen LogP contribution in [0.25, 0.3) is 0 Å². The van der Waals surface area contributed by atoms with Crippen molar-refractivity contribution in [1.29, 1.82) is 0 Å². The molecule has 116 valence electrons. The predicted octanol–water partition coefficient (Wildman–Crippen LogP) is 2.28. The summed E-state index contributed by atoms with van der Waals surface area (Å²) in [5.41, 5.74) is 1.11. The normalized spacial score (nSPS) is 13.5. The van der Waals surface area contributed by atoms with Crippen molar-refractivity contribution in [2.24, 2.45) is 0 Å². The Labute approximate surface area is 130 Å². The lowest BCUT2D eigenvalue weighted by Crippen LogP contribution is -2.29. The molecule has 0 aromatic heterocycles. The van der Waals surface area contributed by atoms with Gasteiger partial charge in [-0.1, -0.05) is 30.3 Å². The van der Waals surface area contributed by atoms with Crippen molar-refractivity contribution in [3.8, 4) is 11.5 Å². The maximum Gasteiger partial charge on any atom is 0.242 e. The third-order valence-electron chi connectivity index (χ3n) is 3.61. The molecular weight excluding hydrogens is 302 g/mol. The van der Waals surface area contributed by atoms with E-state index >= 15 is 0 Å². The summed E-state index contributed by atoms with van der Waals surface area (Å²) in [4.78, 5) is 0.215. The molecule has 1 heterocycles. The summed E-state index contributed by atoms with van der Waals surface area (Å²) in [6.45, 7) is 0.545. The highest BCUT2D eigenvalue weighted by Crippen LogP contribution is 2.34. The highest BCUT2D eigenvalue weighted by Gasteiger charge is 2.24. The number of likely N-dealkylation sites (N-methyl/N-ethyl adjacent to an activating group) is 1. The van der Waals surface area contributed by atoms with Crippen LogP contribution in [0.4, 0.5) is 0 Å². The van der Waals surface area contributed by atoms with Crippen molar-refractivity contribution in [1.82, 2.24) is 4.31 Å². The molecule has 0 saturated carbocycles. The number of hydrogen-bond donors (Lipinski definition) is 0. The van der Waals surface area contributed by atoms with Crippen LogP contribution in [-0.2, 0) is 16.4 Å². The van der Waals surface area contributed by atoms with Crippen LogP contribution in [0.15, 0.2) is 53.4 Å². The minimum atomic E-state index is -3.53. The van der Waals surface area contributed by atoms with E-state index in [2.05, 4.69) is 0 Å². The molecule has 0 radical (unpaired) electrons. The first kappa shape index (κ1) is 14.9. The monoisotopic (exact) mass is 319 g/mol. The lowest BCUT2D eigenvalue weighted by atomic mass is 10.2. The second-order valence-electron chi connectivity index (χ2n) is 5.08. The molecular formula is C16H17NO4S. The van der Waals surface area contributed by atoms with E-state index in [0.29, 0.717) is 24.5 Å². The Balaban J connectivity index is 1.74. The maximum atomic E-state index is 12.6. The van der Waals surface area contributed by atoms with E-state index in [9.17, 15) is 8.42 Å². The average molecular weight is 319 g/mol. The van der Waals surface area contributed by atoms with E-state index in [1.165, 1.54) is 10.4 Å². The van der Waals surface area contributed by atoms with Crippen molar-refractivity contribution in [2.75, 3.05) is 20.4 Å². The summed E-state index contributed by atoms with van der Waals surface area (Å²) in [6.07, 6.45) is 0.668. The Kier molecular flexibility index (Phi) is 4.04. The number of rotatable bonds is 5. The standard InChI is InChI=1S/C16H17NO4S/c1-17(10-9-13-5-3-2-4-6-13)22(18,19)14-7-8-15-16(11-14)21-12-20-15/h2-8,11H,9-10,12H2,1H3. The van der Waals surface area contributed by atoms with Gasteiger partial charge in [-0.2, -0.15) is 0 Å². The van der Waals surface area contributed by atoms with Gasteiger partial charge in [0.15, 0.2) is 11.5 Å². The van der Waals surface area contributed by atoms with Gasteiger partial charge in [0.05, 0.1) is 4.90 Å². The zero-order valence-corrected chi connectivity index (χ0v) is 13.0. The Morgan fingerprint density at radius 3 is 2.55 bits per heavy atom. The van der Waals surface area contributed by atoms with Gasteiger partial charge in [-0.3, -0.25) is 0 Å². The Morgan fingerprint density at radius 1 is 1.05 bits per heavy atom. The summed E-state index contributed by atoms with van der Waals surface area (Å²) in [6, 6.07) is 14.5. The summed E-state index contributed by atoms with van der Waals surface area (Å²) < 4.78 is 37.0. The van der Waals surface area contributed by atoms with Gasteiger partial charge >= 0.3 is 0 Å². The molecule has 22 heavy (non-hydrogen) atoms. The molecule has 0 atom stereocenters. The van der Waals surface area contributed by atoms with E-state index in [-0.39, 0.29) is 11.7 Å². The van der Waals surface area contributed by atoms with E-state index < -0.39 is 10.0 Å². The van der Waals surface area contributed by atoms with Crippen LogP contribution in [0.1, 0.15) is 5.56 Å². The number of nitrogens with zero attached hydrogens (tertiary/aromatic N) is 1. The van der Waals surface area contributed by atoms with Gasteiger partial charge in [0.2, 0.25) is 16.8 Å². The van der Waals surface area contributed by atoms with E-state index in [1.54, 1.807) is 19.2 Å². The highest BCUT2D eigenvalue weighted by molar-refractivity contribution is 7.89. The van der Waals surface area contributed by atoms with Gasteiger partial charge in [-0.15, -0.1) is 0 Å². The fourth-order valence-electron chi connectivity index (χ4n) is 2.27. The first-order valence-electron chi connectivity index (χ1n) is 6.97. The van der Waals surface area contributed by atoms with Gasteiger partial charge in [0, 0.05) is 19.7 Å². The van der Waals surface area contributed by atoms with E-state index in [1.807, 2.05) is 30.3 Å². The maximum absolute atomic E-state index is 12.6. The Bertz CT molecular complexity index is 759. The number of hydrogen-bond acceptors (Lipinski definition) is 4. The van der Waals surface area contributed by atoms with Crippen LogP contribution < -0.4 is 9.47 Å². The molecule has 5 nitrogen and oxygen atoms in total. The molecule has 0 amide bonds. The summed E-state index contributed by atoms with van der Waals surface area (Å²) in [5, 5.41) is 0. The molecule has 0 unspecified atom stereocenters. The fourth-order valence-corrected chi connectivity index (χ4v) is 3.46. The first-order chi connectivity index (χ1) is 10.6. The molecule has 0 fully saturated rings. The second-order valence-corrected chi connectivity index (χ2v) is 7.12. The predicted molar refractivity (Wildman–Crippen MR) is 82.5 cm³/mol. The lowest BCUT2D eigenvalue weighted by molar-refractivity contribution is 0.174. The summed E-state index contributed by atoms with van der Waals surface area (Å²) >= 11 is 0. The molecule has 0 N–H and O–H groups in total. The van der Waals surface area contributed by atoms with Crippen molar-refractivity contribution in [3.63, 3.8) is 0 Å². The molecule has 6 heteroatoms. The van der Waals surface area contributed by atoms with Crippen molar-refractivity contribution >= 4 is 10.0 Å². The summed E-state index contributed by atoms with van der Waals surface area (Å²) in [5.74, 6) is 1.04. The number of benzene rings is 2. The van der Waals surface area contributed by atoms with Crippen molar-refractivity contribution in [3.05, 3.63) is 54.1 Å². The van der Waals surface area contributed by atoms with Gasteiger partial charge in [0.1, 0.15) is 0 Å². The molecule has 0 bridgehead atoms. The van der Waals surface area contributed by atoms with Crippen LogP contribution in [0.3, 0.4) is 0 Å². The van der Waals surface area contributed by atoms with Gasteiger partial charge in [0.25, 0.3) is 0 Å². The molecule has 0 saturated heterocycles. The molecule has 2 aromatic rings. The van der Waals surface area contributed by atoms with E-state index in [0.717, 1.165) is 5.56 Å². The topological polar surface area (TPSA) is 55.8 Å². The van der Waals surface area contributed by atoms with Gasteiger partial charge < -0.3 is 9.47 Å². The SMILES string of the molecule is CN(CCc1ccccc1)S(=O)(=O)c1ccc2c(c1)OCO2. The Morgan fingerprint density at radius 2 is 1.77 bits per heavy atom. The number of fused-ring (bicyclic) bond motifs is 1. The first-order valence-corrected chi connectivity index (χ1v) is 8.41. The van der Waals surface area contributed by atoms with Gasteiger partial charge in [-0.05, 0) is 24.1 Å². The van der Waals surface area contributed by atoms with Crippen LogP contribution in [0.5, 0.6) is 11.5 Å². The summed E-state index contributed by atoms with van der Waals surface area (Å²) in [7, 11) is -1.95. The molecule has 0 aliphatic carbocycles. The molecule has 3 rings (SSSR count). The van der Waals surface area contributed by atoms with Crippen molar-refractivity contribution in [2.45, 2.75) is 11.3 Å². The van der Waals surface area contributed by atoms with Crippen molar-refractivity contribution < 1.29 is 17.9 Å². The lowest BCUT2D eigenvalue weighted by Gasteiger charge is -2.17. The van der Waals surface area contributed by atoms with Crippen LogP contribution in [0, 0.1) is 0 Å². The molecule has 1 aliphatic heterocycles. The zero-order valence-electron chi connectivity index (χ0n) is 12.2.